The van der Waals surface area contributed by atoms with Gasteiger partial charge in [0, 0.05) is 12.2 Å². The van der Waals surface area contributed by atoms with E-state index in [-0.39, 0.29) is 0 Å². The lowest BCUT2D eigenvalue weighted by Gasteiger charge is -2.13. The van der Waals surface area contributed by atoms with Gasteiger partial charge in [0.15, 0.2) is 0 Å². The van der Waals surface area contributed by atoms with Crippen LogP contribution in [0.4, 0.5) is 0 Å². The van der Waals surface area contributed by atoms with Crippen LogP contribution in [0.2, 0.25) is 0 Å². The number of hydrazine groups is 1. The number of hydrogen-bond acceptors (Lipinski definition) is 5. The van der Waals surface area contributed by atoms with E-state index in [0.717, 1.165) is 5.56 Å². The lowest BCUT2D eigenvalue weighted by molar-refractivity contribution is 0.0843. The van der Waals surface area contributed by atoms with E-state index in [1.807, 2.05) is 37.3 Å². The van der Waals surface area contributed by atoms with Crippen LogP contribution in [0.3, 0.4) is 0 Å². The molecule has 3 aromatic carbocycles. The average molecular weight is 434 g/mol. The summed E-state index contributed by atoms with van der Waals surface area (Å²) in [5.41, 5.74) is 6.52. The van der Waals surface area contributed by atoms with Gasteiger partial charge in [-0.15, -0.1) is 0 Å². The zero-order chi connectivity index (χ0) is 22.6. The van der Waals surface area contributed by atoms with Crippen molar-refractivity contribution in [2.24, 2.45) is 0 Å². The molecular formula is C25H26N2O5. The molecule has 0 atom stereocenters. The van der Waals surface area contributed by atoms with Crippen LogP contribution in [-0.4, -0.2) is 31.6 Å². The number of carbonyl (C=O) groups excluding carboxylic acids is 2. The van der Waals surface area contributed by atoms with Crippen molar-refractivity contribution >= 4 is 11.8 Å². The first-order valence-electron chi connectivity index (χ1n) is 10.3. The smallest absolute Gasteiger partial charge is 0.273 e. The van der Waals surface area contributed by atoms with E-state index in [4.69, 9.17) is 14.2 Å². The number of benzene rings is 3. The Bertz CT molecular complexity index is 1020. The molecule has 0 radical (unpaired) electrons. The number of hydrogen-bond donors (Lipinski definition) is 2. The van der Waals surface area contributed by atoms with E-state index in [2.05, 4.69) is 10.9 Å². The Kier molecular flexibility index (Phi) is 8.65. The van der Waals surface area contributed by atoms with Crippen LogP contribution in [0.1, 0.15) is 33.2 Å². The van der Waals surface area contributed by atoms with Gasteiger partial charge in [-0.25, -0.2) is 0 Å². The minimum absolute atomic E-state index is 0.316. The molecular weight excluding hydrogens is 408 g/mol. The van der Waals surface area contributed by atoms with Crippen LogP contribution >= 0.6 is 0 Å². The molecule has 0 fully saturated rings. The summed E-state index contributed by atoms with van der Waals surface area (Å²) in [7, 11) is 0. The van der Waals surface area contributed by atoms with Crippen molar-refractivity contribution in [3.63, 3.8) is 0 Å². The molecule has 0 spiro atoms. The largest absolute Gasteiger partial charge is 0.491 e. The Labute approximate surface area is 187 Å². The molecule has 0 saturated heterocycles. The molecule has 7 heteroatoms. The highest BCUT2D eigenvalue weighted by molar-refractivity contribution is 6.00. The van der Waals surface area contributed by atoms with Crippen LogP contribution in [0.15, 0.2) is 78.9 Å². The second kappa shape index (κ2) is 12.1. The van der Waals surface area contributed by atoms with E-state index in [1.54, 1.807) is 48.5 Å². The van der Waals surface area contributed by atoms with Crippen molar-refractivity contribution in [1.82, 2.24) is 10.9 Å². The van der Waals surface area contributed by atoms with Crippen LogP contribution in [0.5, 0.6) is 11.5 Å². The van der Waals surface area contributed by atoms with Gasteiger partial charge in [-0.1, -0.05) is 48.5 Å². The molecule has 7 nitrogen and oxygen atoms in total. The molecule has 0 heterocycles. The van der Waals surface area contributed by atoms with Crippen molar-refractivity contribution in [3.05, 3.63) is 95.6 Å². The Morgan fingerprint density at radius 2 is 1.53 bits per heavy atom. The van der Waals surface area contributed by atoms with Crippen molar-refractivity contribution in [3.8, 4) is 11.5 Å². The maximum absolute atomic E-state index is 12.6. The summed E-state index contributed by atoms with van der Waals surface area (Å²) in [5, 5.41) is 0. The third kappa shape index (κ3) is 6.85. The summed E-state index contributed by atoms with van der Waals surface area (Å²) in [6.07, 6.45) is 0. The lowest BCUT2D eigenvalue weighted by atomic mass is 10.2. The normalized spacial score (nSPS) is 10.3. The number of para-hydroxylation sites is 1. The molecule has 32 heavy (non-hydrogen) atoms. The van der Waals surface area contributed by atoms with E-state index in [9.17, 15) is 9.59 Å². The minimum atomic E-state index is -0.480. The SMILES string of the molecule is CCOCCOc1cccc(C(=O)NNC(=O)c2ccccc2OCc2ccccc2)c1. The number of amides is 2. The second-order valence-electron chi connectivity index (χ2n) is 6.75. The van der Waals surface area contributed by atoms with E-state index in [1.165, 1.54) is 0 Å². The van der Waals surface area contributed by atoms with Gasteiger partial charge in [0.1, 0.15) is 24.7 Å². The molecule has 0 unspecified atom stereocenters. The first-order chi connectivity index (χ1) is 15.7. The highest BCUT2D eigenvalue weighted by Crippen LogP contribution is 2.19. The zero-order valence-electron chi connectivity index (χ0n) is 17.9. The summed E-state index contributed by atoms with van der Waals surface area (Å²) in [4.78, 5) is 25.1. The maximum atomic E-state index is 12.6. The van der Waals surface area contributed by atoms with Crippen LogP contribution in [0.25, 0.3) is 0 Å². The van der Waals surface area contributed by atoms with Crippen molar-refractivity contribution in [2.45, 2.75) is 13.5 Å². The van der Waals surface area contributed by atoms with Crippen LogP contribution in [0, 0.1) is 0 Å². The third-order valence-electron chi connectivity index (χ3n) is 4.46. The van der Waals surface area contributed by atoms with Gasteiger partial charge >= 0.3 is 0 Å². The van der Waals surface area contributed by atoms with E-state index < -0.39 is 11.8 Å². The zero-order valence-corrected chi connectivity index (χ0v) is 17.9. The fraction of sp³-hybridized carbons (Fsp3) is 0.200. The van der Waals surface area contributed by atoms with Gasteiger partial charge in [-0.05, 0) is 42.8 Å². The fourth-order valence-corrected chi connectivity index (χ4v) is 2.86. The van der Waals surface area contributed by atoms with E-state index in [0.29, 0.717) is 49.1 Å². The molecule has 0 saturated carbocycles. The van der Waals surface area contributed by atoms with Crippen LogP contribution < -0.4 is 20.3 Å². The molecule has 2 amide bonds. The maximum Gasteiger partial charge on any atom is 0.273 e. The molecule has 0 aliphatic rings. The molecule has 3 rings (SSSR count). The molecule has 3 aromatic rings. The molecule has 166 valence electrons. The first-order valence-corrected chi connectivity index (χ1v) is 10.3. The Morgan fingerprint density at radius 3 is 2.34 bits per heavy atom. The summed E-state index contributed by atoms with van der Waals surface area (Å²) >= 11 is 0. The monoisotopic (exact) mass is 434 g/mol. The second-order valence-corrected chi connectivity index (χ2v) is 6.75. The van der Waals surface area contributed by atoms with Gasteiger partial charge in [0.05, 0.1) is 12.2 Å². The number of rotatable bonds is 10. The van der Waals surface area contributed by atoms with Crippen molar-refractivity contribution in [2.75, 3.05) is 19.8 Å². The number of nitrogens with one attached hydrogen (secondary N) is 2. The van der Waals surface area contributed by atoms with E-state index >= 15 is 0 Å². The van der Waals surface area contributed by atoms with Gasteiger partial charge in [-0.3, -0.25) is 20.4 Å². The molecule has 0 bridgehead atoms. The Morgan fingerprint density at radius 1 is 0.781 bits per heavy atom. The molecule has 0 aromatic heterocycles. The molecule has 0 aliphatic carbocycles. The highest BCUT2D eigenvalue weighted by atomic mass is 16.5. The fourth-order valence-electron chi connectivity index (χ4n) is 2.86. The molecule has 2 N–H and O–H groups in total. The van der Waals surface area contributed by atoms with Gasteiger partial charge < -0.3 is 14.2 Å². The summed E-state index contributed by atoms with van der Waals surface area (Å²) < 4.78 is 16.6. The summed E-state index contributed by atoms with van der Waals surface area (Å²) in [6, 6.07) is 23.2. The average Bonchev–Trinajstić information content (AvgIpc) is 2.84. The number of carbonyl (C=O) groups is 2. The van der Waals surface area contributed by atoms with Gasteiger partial charge in [0.2, 0.25) is 0 Å². The molecule has 0 aliphatic heterocycles. The number of ether oxygens (including phenoxy) is 3. The van der Waals surface area contributed by atoms with Crippen LogP contribution in [-0.2, 0) is 11.3 Å². The highest BCUT2D eigenvalue weighted by Gasteiger charge is 2.14. The topological polar surface area (TPSA) is 85.9 Å². The predicted molar refractivity (Wildman–Crippen MR) is 121 cm³/mol. The predicted octanol–water partition coefficient (Wildman–Crippen LogP) is 3.76. The third-order valence-corrected chi connectivity index (χ3v) is 4.46. The first kappa shape index (κ1) is 22.8. The lowest BCUT2D eigenvalue weighted by Crippen LogP contribution is -2.41. The Balaban J connectivity index is 1.56. The van der Waals surface area contributed by atoms with Crippen molar-refractivity contribution < 1.29 is 23.8 Å². The standard InChI is InChI=1S/C25H26N2O5/c1-2-30-15-16-31-21-12-8-11-20(17-21)24(28)26-27-25(29)22-13-6-7-14-23(22)32-18-19-9-4-3-5-10-19/h3-14,17H,2,15-16,18H2,1H3,(H,26,28)(H,27,29). The quantitative estimate of drug-likeness (QED) is 0.375. The van der Waals surface area contributed by atoms with Crippen molar-refractivity contribution in [1.29, 1.82) is 0 Å². The minimum Gasteiger partial charge on any atom is -0.491 e. The van der Waals surface area contributed by atoms with Gasteiger partial charge in [0.25, 0.3) is 11.8 Å². The Hall–Kier alpha value is -3.84. The summed E-state index contributed by atoms with van der Waals surface area (Å²) in [5.74, 6) is 0.0264. The van der Waals surface area contributed by atoms with Gasteiger partial charge in [-0.2, -0.15) is 0 Å². The summed E-state index contributed by atoms with van der Waals surface area (Å²) in [6.45, 7) is 3.71.